The van der Waals surface area contributed by atoms with Gasteiger partial charge in [-0.05, 0) is 24.2 Å². The van der Waals surface area contributed by atoms with Gasteiger partial charge in [0.2, 0.25) is 0 Å². The summed E-state index contributed by atoms with van der Waals surface area (Å²) in [7, 11) is 0. The van der Waals surface area contributed by atoms with Crippen LogP contribution in [0.1, 0.15) is 26.7 Å². The zero-order valence-corrected chi connectivity index (χ0v) is 11.0. The third-order valence-electron chi connectivity index (χ3n) is 5.39. The second-order valence-electron chi connectivity index (χ2n) is 5.74. The van der Waals surface area contributed by atoms with Gasteiger partial charge in [0, 0.05) is 10.7 Å². The highest BCUT2D eigenvalue weighted by Crippen LogP contribution is 2.68. The van der Waals surface area contributed by atoms with Gasteiger partial charge in [-0.15, -0.1) is 0 Å². The van der Waals surface area contributed by atoms with E-state index in [0.717, 1.165) is 18.5 Å². The maximum Gasteiger partial charge on any atom is 0.0899 e. The second-order valence-corrected chi connectivity index (χ2v) is 6.30. The molecule has 3 fully saturated rings. The Hall–Kier alpha value is 0.400. The van der Waals surface area contributed by atoms with Crippen molar-refractivity contribution in [3.8, 4) is 0 Å². The van der Waals surface area contributed by atoms with E-state index in [0.29, 0.717) is 29.0 Å². The minimum Gasteiger partial charge on any atom is -0.373 e. The number of hydrogen-bond donors (Lipinski definition) is 0. The molecule has 0 aromatic carbocycles. The van der Waals surface area contributed by atoms with Gasteiger partial charge in [-0.1, -0.05) is 29.8 Å². The molecule has 5 atom stereocenters. The van der Waals surface area contributed by atoms with Gasteiger partial charge in [0.1, 0.15) is 0 Å². The van der Waals surface area contributed by atoms with E-state index in [2.05, 4.69) is 29.8 Å². The van der Waals surface area contributed by atoms with Crippen LogP contribution < -0.4 is 0 Å². The Morgan fingerprint density at radius 3 is 2.67 bits per heavy atom. The number of alkyl halides is 1. The van der Waals surface area contributed by atoms with E-state index in [9.17, 15) is 0 Å². The third kappa shape index (κ3) is 1.07. The SMILES string of the molecule is CC1(CBr)C2CCC1(C)C1OCCOC21. The lowest BCUT2D eigenvalue weighted by molar-refractivity contribution is -0.175. The van der Waals surface area contributed by atoms with Gasteiger partial charge in [0.05, 0.1) is 25.4 Å². The first kappa shape index (κ1) is 10.5. The molecule has 0 spiro atoms. The van der Waals surface area contributed by atoms with E-state index < -0.39 is 0 Å². The topological polar surface area (TPSA) is 18.5 Å². The first-order valence-corrected chi connectivity index (χ1v) is 7.05. The molecule has 3 heteroatoms. The maximum absolute atomic E-state index is 5.99. The second kappa shape index (κ2) is 3.21. The molecule has 2 aliphatic carbocycles. The number of fused-ring (bicyclic) bond motifs is 5. The first-order valence-electron chi connectivity index (χ1n) is 5.93. The van der Waals surface area contributed by atoms with Crippen molar-refractivity contribution in [2.45, 2.75) is 38.9 Å². The van der Waals surface area contributed by atoms with E-state index in [1.165, 1.54) is 12.8 Å². The van der Waals surface area contributed by atoms with Crippen molar-refractivity contribution >= 4 is 15.9 Å². The molecule has 15 heavy (non-hydrogen) atoms. The fourth-order valence-corrected chi connectivity index (χ4v) is 5.20. The Bertz CT molecular complexity index is 279. The van der Waals surface area contributed by atoms with Crippen LogP contribution in [0.25, 0.3) is 0 Å². The molecule has 2 saturated carbocycles. The number of halogens is 1. The van der Waals surface area contributed by atoms with E-state index in [1.807, 2.05) is 0 Å². The Balaban J connectivity index is 2.02. The van der Waals surface area contributed by atoms with Gasteiger partial charge in [-0.3, -0.25) is 0 Å². The molecule has 1 aliphatic heterocycles. The lowest BCUT2D eigenvalue weighted by Gasteiger charge is -2.42. The smallest absolute Gasteiger partial charge is 0.0899 e. The molecule has 1 saturated heterocycles. The zero-order chi connectivity index (χ0) is 10.7. The van der Waals surface area contributed by atoms with Crippen molar-refractivity contribution in [3.63, 3.8) is 0 Å². The van der Waals surface area contributed by atoms with Crippen LogP contribution in [0.4, 0.5) is 0 Å². The van der Waals surface area contributed by atoms with E-state index in [4.69, 9.17) is 9.47 Å². The summed E-state index contributed by atoms with van der Waals surface area (Å²) in [6.07, 6.45) is 3.31. The third-order valence-corrected chi connectivity index (χ3v) is 6.55. The molecule has 0 amide bonds. The summed E-state index contributed by atoms with van der Waals surface area (Å²) >= 11 is 3.71. The van der Waals surface area contributed by atoms with E-state index in [1.54, 1.807) is 0 Å². The highest BCUT2D eigenvalue weighted by atomic mass is 79.9. The molecular weight excluding hydrogens is 256 g/mol. The van der Waals surface area contributed by atoms with Crippen LogP contribution in [0.5, 0.6) is 0 Å². The number of hydrogen-bond acceptors (Lipinski definition) is 2. The average Bonchev–Trinajstić information content (AvgIpc) is 2.63. The molecule has 2 nitrogen and oxygen atoms in total. The summed E-state index contributed by atoms with van der Waals surface area (Å²) in [5.74, 6) is 0.687. The van der Waals surface area contributed by atoms with Crippen LogP contribution >= 0.6 is 15.9 Å². The Morgan fingerprint density at radius 1 is 1.27 bits per heavy atom. The van der Waals surface area contributed by atoms with Gasteiger partial charge in [-0.2, -0.15) is 0 Å². The summed E-state index contributed by atoms with van der Waals surface area (Å²) < 4.78 is 11.9. The van der Waals surface area contributed by atoms with Gasteiger partial charge >= 0.3 is 0 Å². The molecule has 0 aromatic heterocycles. The van der Waals surface area contributed by atoms with Crippen molar-refractivity contribution in [3.05, 3.63) is 0 Å². The van der Waals surface area contributed by atoms with Crippen molar-refractivity contribution < 1.29 is 9.47 Å². The molecule has 2 bridgehead atoms. The highest BCUT2D eigenvalue weighted by molar-refractivity contribution is 9.09. The summed E-state index contributed by atoms with van der Waals surface area (Å²) in [4.78, 5) is 0. The quantitative estimate of drug-likeness (QED) is 0.685. The largest absolute Gasteiger partial charge is 0.373 e. The first-order chi connectivity index (χ1) is 7.13. The van der Waals surface area contributed by atoms with Gasteiger partial charge in [0.25, 0.3) is 0 Å². The predicted molar refractivity (Wildman–Crippen MR) is 62.2 cm³/mol. The van der Waals surface area contributed by atoms with Crippen molar-refractivity contribution in [1.82, 2.24) is 0 Å². The van der Waals surface area contributed by atoms with Gasteiger partial charge in [-0.25, -0.2) is 0 Å². The Morgan fingerprint density at radius 2 is 2.00 bits per heavy atom. The standard InChI is InChI=1S/C12H19BrO2/c1-11-4-3-8(12(11,2)7-13)9-10(11)15-6-5-14-9/h8-10H,3-7H2,1-2H3. The lowest BCUT2D eigenvalue weighted by atomic mass is 9.70. The normalized spacial score (nSPS) is 58.2. The van der Waals surface area contributed by atoms with Gasteiger partial charge < -0.3 is 9.47 Å². The molecule has 3 aliphatic rings. The van der Waals surface area contributed by atoms with Crippen molar-refractivity contribution in [2.24, 2.45) is 16.7 Å². The predicted octanol–water partition coefficient (Wildman–Crippen LogP) is 2.60. The minimum absolute atomic E-state index is 0.312. The summed E-state index contributed by atoms with van der Waals surface area (Å²) in [6.45, 7) is 6.37. The zero-order valence-electron chi connectivity index (χ0n) is 9.46. The van der Waals surface area contributed by atoms with Crippen LogP contribution in [0.15, 0.2) is 0 Å². The van der Waals surface area contributed by atoms with Crippen molar-refractivity contribution in [1.29, 1.82) is 0 Å². The molecule has 0 radical (unpaired) electrons. The lowest BCUT2D eigenvalue weighted by Crippen LogP contribution is -2.47. The van der Waals surface area contributed by atoms with Crippen LogP contribution in [0.2, 0.25) is 0 Å². The minimum atomic E-state index is 0.312. The monoisotopic (exact) mass is 274 g/mol. The van der Waals surface area contributed by atoms with Crippen LogP contribution in [-0.2, 0) is 9.47 Å². The maximum atomic E-state index is 5.99. The summed E-state index contributed by atoms with van der Waals surface area (Å²) in [6, 6.07) is 0. The summed E-state index contributed by atoms with van der Waals surface area (Å²) in [5.41, 5.74) is 0.666. The molecule has 0 N–H and O–H groups in total. The van der Waals surface area contributed by atoms with E-state index >= 15 is 0 Å². The molecule has 5 unspecified atom stereocenters. The molecule has 1 heterocycles. The van der Waals surface area contributed by atoms with Crippen LogP contribution in [0.3, 0.4) is 0 Å². The summed E-state index contributed by atoms with van der Waals surface area (Å²) in [5, 5.41) is 1.07. The van der Waals surface area contributed by atoms with Crippen LogP contribution in [-0.4, -0.2) is 30.8 Å². The Kier molecular flexibility index (Phi) is 2.25. The van der Waals surface area contributed by atoms with E-state index in [-0.39, 0.29) is 0 Å². The van der Waals surface area contributed by atoms with Gasteiger partial charge in [0.15, 0.2) is 0 Å². The molecule has 0 aromatic rings. The fraction of sp³-hybridized carbons (Fsp3) is 1.00. The highest BCUT2D eigenvalue weighted by Gasteiger charge is 2.69. The molecule has 86 valence electrons. The molecule has 3 rings (SSSR count). The van der Waals surface area contributed by atoms with Crippen LogP contribution in [0, 0.1) is 16.7 Å². The van der Waals surface area contributed by atoms with Crippen molar-refractivity contribution in [2.75, 3.05) is 18.5 Å². The number of rotatable bonds is 1. The average molecular weight is 275 g/mol. The Labute approximate surface area is 99.8 Å². The molecular formula is C12H19BrO2. The number of ether oxygens (including phenoxy) is 2. The fourth-order valence-electron chi connectivity index (χ4n) is 4.14.